The molecule has 2 aromatic heterocycles. The van der Waals surface area contributed by atoms with Crippen LogP contribution in [0.1, 0.15) is 138 Å². The molecule has 3 aromatic carbocycles. The normalized spacial score (nSPS) is 12.6. The van der Waals surface area contributed by atoms with Gasteiger partial charge in [-0.1, -0.05) is 137 Å². The van der Waals surface area contributed by atoms with Crippen LogP contribution in [0.5, 0.6) is 0 Å². The van der Waals surface area contributed by atoms with Crippen molar-refractivity contribution in [3.8, 4) is 21.7 Å². The van der Waals surface area contributed by atoms with Gasteiger partial charge in [-0.3, -0.25) is 9.78 Å². The van der Waals surface area contributed by atoms with Gasteiger partial charge in [0.15, 0.2) is 5.78 Å². The third-order valence-electron chi connectivity index (χ3n) is 10.7. The summed E-state index contributed by atoms with van der Waals surface area (Å²) in [5, 5.41) is 13.5. The quantitative estimate of drug-likeness (QED) is 0.0910. The fourth-order valence-electron chi connectivity index (χ4n) is 7.18. The molecule has 1 radical (unpaired) electrons. The summed E-state index contributed by atoms with van der Waals surface area (Å²) in [6.45, 7) is 31.1. The van der Waals surface area contributed by atoms with Crippen molar-refractivity contribution in [3.63, 3.8) is 0 Å². The van der Waals surface area contributed by atoms with Crippen molar-refractivity contribution < 1.29 is 30.0 Å². The Morgan fingerprint density at radius 1 is 0.778 bits per heavy atom. The third-order valence-corrected chi connectivity index (χ3v) is 12.1. The first kappa shape index (κ1) is 45.3. The van der Waals surface area contributed by atoms with Gasteiger partial charge >= 0.3 is 0 Å². The van der Waals surface area contributed by atoms with E-state index in [0.717, 1.165) is 42.3 Å². The Bertz CT molecular complexity index is 2080. The zero-order valence-electron chi connectivity index (χ0n) is 35.4. The summed E-state index contributed by atoms with van der Waals surface area (Å²) in [5.74, 6) is 0.547. The molecule has 5 heteroatoms. The number of benzene rings is 3. The Labute approximate surface area is 344 Å². The molecule has 0 bridgehead atoms. The number of thiophene rings is 1. The topological polar surface area (TPSA) is 50.2 Å². The van der Waals surface area contributed by atoms with Gasteiger partial charge < -0.3 is 5.11 Å². The Balaban J connectivity index is 0.000000418. The van der Waals surface area contributed by atoms with E-state index in [1.165, 1.54) is 54.2 Å². The second-order valence-corrected chi connectivity index (χ2v) is 18.8. The SMILES string of the molecule is CCC(CC)C(=O)/C=C(\O)C(CC)CC.Cc1c(-c2ccc(C(C)(C)C)cc2C(C)(C)C)sc2c(-c3[c-]c4ccccc4c(C(C)(C)C)c3)nccc12.[Ir]. The summed E-state index contributed by atoms with van der Waals surface area (Å²) in [5.41, 5.74) is 9.07. The molecule has 1 N–H and O–H groups in total. The molecule has 3 nitrogen and oxygen atoms in total. The molecule has 0 saturated heterocycles. The predicted molar refractivity (Wildman–Crippen MR) is 232 cm³/mol. The minimum atomic E-state index is 0. The van der Waals surface area contributed by atoms with Crippen molar-refractivity contribution in [1.82, 2.24) is 4.98 Å². The van der Waals surface area contributed by atoms with Crippen molar-refractivity contribution in [2.24, 2.45) is 11.8 Å². The molecule has 0 saturated carbocycles. The zero-order valence-corrected chi connectivity index (χ0v) is 38.6. The fourth-order valence-corrected chi connectivity index (χ4v) is 8.53. The molecule has 293 valence electrons. The minimum Gasteiger partial charge on any atom is -0.512 e. The molecule has 0 unspecified atom stereocenters. The van der Waals surface area contributed by atoms with Gasteiger partial charge in [-0.15, -0.1) is 40.5 Å². The molecular weight excluding hydrogens is 859 g/mol. The van der Waals surface area contributed by atoms with E-state index in [-0.39, 0.29) is 59.7 Å². The maximum absolute atomic E-state index is 11.7. The molecule has 0 atom stereocenters. The summed E-state index contributed by atoms with van der Waals surface area (Å²) in [6.07, 6.45) is 6.87. The minimum absolute atomic E-state index is 0. The van der Waals surface area contributed by atoms with E-state index in [9.17, 15) is 9.90 Å². The van der Waals surface area contributed by atoms with Crippen LogP contribution in [-0.2, 0) is 41.1 Å². The summed E-state index contributed by atoms with van der Waals surface area (Å²) >= 11 is 1.88. The standard InChI is InChI=1S/C36H40NS.C13H24O2.Ir/c1-22-26-17-18-37-31(24-19-23-13-11-12-14-27(23)29(20-24)35(5,6)7)33(26)38-32(22)28-16-15-25(34(2,3)4)21-30(28)36(8,9)10;1-5-10(6-2)12(14)9-13(15)11(7-3)8-4;/h11-18,20-21H,1-10H3;9-11,14H,5-8H2,1-4H3;/q-1;;/b;12-9-;. The first-order valence-corrected chi connectivity index (χ1v) is 20.5. The van der Waals surface area contributed by atoms with Crippen molar-refractivity contribution in [2.45, 2.75) is 139 Å². The maximum Gasteiger partial charge on any atom is 0.162 e. The van der Waals surface area contributed by atoms with Gasteiger partial charge in [0.05, 0.1) is 5.76 Å². The van der Waals surface area contributed by atoms with Crippen molar-refractivity contribution in [3.05, 3.63) is 101 Å². The third kappa shape index (κ3) is 10.2. The number of ketones is 1. The van der Waals surface area contributed by atoms with Gasteiger partial charge in [-0.05, 0) is 82.6 Å². The zero-order chi connectivity index (χ0) is 39.5. The Morgan fingerprint density at radius 2 is 1.37 bits per heavy atom. The molecule has 0 aliphatic carbocycles. The van der Waals surface area contributed by atoms with Crippen LogP contribution < -0.4 is 0 Å². The van der Waals surface area contributed by atoms with Crippen LogP contribution in [0.15, 0.2) is 72.6 Å². The number of aryl methyl sites for hydroxylation is 1. The largest absolute Gasteiger partial charge is 0.512 e. The first-order valence-electron chi connectivity index (χ1n) is 19.7. The molecule has 0 spiro atoms. The van der Waals surface area contributed by atoms with E-state index in [4.69, 9.17) is 4.98 Å². The van der Waals surface area contributed by atoms with E-state index < -0.39 is 0 Å². The number of aliphatic hydroxyl groups excluding tert-OH is 1. The Morgan fingerprint density at radius 3 is 1.93 bits per heavy atom. The van der Waals surface area contributed by atoms with E-state index in [1.807, 2.05) is 45.2 Å². The molecule has 0 aliphatic heterocycles. The summed E-state index contributed by atoms with van der Waals surface area (Å²) < 4.78 is 1.24. The fraction of sp³-hybridized carbons (Fsp3) is 0.469. The number of fused-ring (bicyclic) bond motifs is 2. The second kappa shape index (κ2) is 18.2. The molecule has 0 fully saturated rings. The van der Waals surface area contributed by atoms with E-state index in [0.29, 0.717) is 0 Å². The number of pyridine rings is 1. The second-order valence-electron chi connectivity index (χ2n) is 17.7. The Kier molecular flexibility index (Phi) is 15.3. The summed E-state index contributed by atoms with van der Waals surface area (Å²) in [7, 11) is 0. The average molecular weight is 923 g/mol. The van der Waals surface area contributed by atoms with Crippen molar-refractivity contribution in [1.29, 1.82) is 0 Å². The smallest absolute Gasteiger partial charge is 0.162 e. The number of hydrogen-bond donors (Lipinski definition) is 1. The molecule has 54 heavy (non-hydrogen) atoms. The number of nitrogens with zero attached hydrogens (tertiary/aromatic N) is 1. The van der Waals surface area contributed by atoms with Crippen molar-refractivity contribution >= 4 is 38.0 Å². The van der Waals surface area contributed by atoms with E-state index >= 15 is 0 Å². The van der Waals surface area contributed by atoms with Gasteiger partial charge in [0, 0.05) is 59.5 Å². The number of allylic oxidation sites excluding steroid dienone is 2. The van der Waals surface area contributed by atoms with Gasteiger partial charge in [-0.25, -0.2) is 0 Å². The predicted octanol–water partition coefficient (Wildman–Crippen LogP) is 14.7. The number of carbonyl (C=O) groups excluding carboxylic acids is 1. The first-order chi connectivity index (χ1) is 24.8. The number of aromatic nitrogens is 1. The van der Waals surface area contributed by atoms with Gasteiger partial charge in [0.2, 0.25) is 0 Å². The summed E-state index contributed by atoms with van der Waals surface area (Å²) in [6, 6.07) is 23.9. The van der Waals surface area contributed by atoms with Crippen LogP contribution in [0.3, 0.4) is 0 Å². The maximum atomic E-state index is 11.7. The van der Waals surface area contributed by atoms with Crippen LogP contribution in [0.2, 0.25) is 0 Å². The molecule has 5 rings (SSSR count). The Hall–Kier alpha value is -3.11. The van der Waals surface area contributed by atoms with E-state index in [2.05, 4.69) is 130 Å². The van der Waals surface area contributed by atoms with Crippen molar-refractivity contribution in [2.75, 3.05) is 0 Å². The number of hydrogen-bond acceptors (Lipinski definition) is 4. The van der Waals surface area contributed by atoms with Crippen LogP contribution >= 0.6 is 11.3 Å². The van der Waals surface area contributed by atoms with Crippen LogP contribution in [-0.4, -0.2) is 15.9 Å². The van der Waals surface area contributed by atoms with Gasteiger partial charge in [0.1, 0.15) is 0 Å². The number of carbonyl (C=O) groups is 1. The monoisotopic (exact) mass is 923 g/mol. The molecule has 0 aliphatic rings. The van der Waals surface area contributed by atoms with Gasteiger partial charge in [0.25, 0.3) is 0 Å². The number of aliphatic hydroxyl groups is 1. The molecule has 5 aromatic rings. The van der Waals surface area contributed by atoms with Gasteiger partial charge in [-0.2, -0.15) is 0 Å². The van der Waals surface area contributed by atoms with Crippen LogP contribution in [0.4, 0.5) is 0 Å². The average Bonchev–Trinajstić information content (AvgIpc) is 3.43. The van der Waals surface area contributed by atoms with Crippen LogP contribution in [0.25, 0.3) is 42.6 Å². The molecule has 2 heterocycles. The number of rotatable bonds is 9. The summed E-state index contributed by atoms with van der Waals surface area (Å²) in [4.78, 5) is 18.0. The molecule has 0 amide bonds. The van der Waals surface area contributed by atoms with E-state index in [1.54, 1.807) is 0 Å². The molecular formula is C49H64IrNO2S-. The van der Waals surface area contributed by atoms with Crippen LogP contribution in [0, 0.1) is 24.8 Å².